The Bertz CT molecular complexity index is 351. The molecule has 0 amide bonds. The highest BCUT2D eigenvalue weighted by Crippen LogP contribution is 2.12. The Morgan fingerprint density at radius 3 is 2.29 bits per heavy atom. The van der Waals surface area contributed by atoms with Crippen LogP contribution in [0.2, 0.25) is 0 Å². The van der Waals surface area contributed by atoms with E-state index in [0.717, 1.165) is 12.8 Å². The fourth-order valence-electron chi connectivity index (χ4n) is 1.46. The molecule has 0 rings (SSSR count). The zero-order chi connectivity index (χ0) is 12.9. The van der Waals surface area contributed by atoms with Gasteiger partial charge in [-0.1, -0.05) is 0 Å². The van der Waals surface area contributed by atoms with Crippen LogP contribution in [-0.2, 0) is 14.4 Å². The summed E-state index contributed by atoms with van der Waals surface area (Å²) < 4.78 is 0. The van der Waals surface area contributed by atoms with Crippen molar-refractivity contribution in [2.24, 2.45) is 15.0 Å². The van der Waals surface area contributed by atoms with Crippen LogP contribution >= 0.6 is 0 Å². The minimum absolute atomic E-state index is 0.195. The van der Waals surface area contributed by atoms with Gasteiger partial charge in [0.05, 0.1) is 18.6 Å². The van der Waals surface area contributed by atoms with Crippen molar-refractivity contribution in [3.8, 4) is 0 Å². The predicted octanol–water partition coefficient (Wildman–Crippen LogP) is 1.31. The third kappa shape index (κ3) is 9.09. The highest BCUT2D eigenvalue weighted by molar-refractivity contribution is 5.34. The summed E-state index contributed by atoms with van der Waals surface area (Å²) in [6, 6.07) is -0.401. The van der Waals surface area contributed by atoms with Gasteiger partial charge >= 0.3 is 0 Å². The lowest BCUT2D eigenvalue weighted by Gasteiger charge is -2.11. The third-order valence-corrected chi connectivity index (χ3v) is 2.24. The number of hydrogen-bond donors (Lipinski definition) is 0. The van der Waals surface area contributed by atoms with Crippen molar-refractivity contribution in [2.45, 2.75) is 44.7 Å². The minimum atomic E-state index is -0.206. The predicted molar refractivity (Wildman–Crippen MR) is 60.9 cm³/mol. The maximum Gasteiger partial charge on any atom is 0.235 e. The van der Waals surface area contributed by atoms with E-state index in [-0.39, 0.29) is 12.1 Å². The molecule has 0 aromatic carbocycles. The van der Waals surface area contributed by atoms with Gasteiger partial charge < -0.3 is 0 Å². The average molecular weight is 237 g/mol. The number of isocyanates is 3. The van der Waals surface area contributed by atoms with Gasteiger partial charge in [0.1, 0.15) is 0 Å². The second kappa shape index (κ2) is 10.7. The molecule has 2 unspecified atom stereocenters. The maximum absolute atomic E-state index is 10.2. The Morgan fingerprint density at radius 2 is 1.71 bits per heavy atom. The molecule has 0 aliphatic rings. The number of aliphatic imine (C=N–C) groups is 3. The zero-order valence-corrected chi connectivity index (χ0v) is 9.76. The van der Waals surface area contributed by atoms with Crippen molar-refractivity contribution in [1.82, 2.24) is 0 Å². The first-order chi connectivity index (χ1) is 8.24. The Kier molecular flexibility index (Phi) is 9.49. The summed E-state index contributed by atoms with van der Waals surface area (Å²) in [6.07, 6.45) is 7.18. The standard InChI is InChI=1S/C11H15N3O3/c1-10(13-8-16)6-11(14-9-17)4-2-3-5-12-7-15/h10-11H,2-6H2,1H3. The first-order valence-corrected chi connectivity index (χ1v) is 5.42. The molecule has 0 aromatic rings. The van der Waals surface area contributed by atoms with E-state index in [1.54, 1.807) is 6.92 Å². The lowest BCUT2D eigenvalue weighted by Crippen LogP contribution is -2.12. The van der Waals surface area contributed by atoms with E-state index < -0.39 is 0 Å². The van der Waals surface area contributed by atoms with Crippen LogP contribution in [0.25, 0.3) is 0 Å². The van der Waals surface area contributed by atoms with E-state index in [0.29, 0.717) is 19.4 Å². The summed E-state index contributed by atoms with van der Waals surface area (Å²) in [5, 5.41) is 0. The van der Waals surface area contributed by atoms with Crippen LogP contribution in [-0.4, -0.2) is 36.9 Å². The summed E-state index contributed by atoms with van der Waals surface area (Å²) in [4.78, 5) is 40.7. The van der Waals surface area contributed by atoms with Crippen LogP contribution in [0.15, 0.2) is 15.0 Å². The van der Waals surface area contributed by atoms with E-state index in [4.69, 9.17) is 0 Å². The quantitative estimate of drug-likeness (QED) is 0.344. The molecule has 6 heteroatoms. The number of rotatable bonds is 9. The van der Waals surface area contributed by atoms with Gasteiger partial charge in [-0.3, -0.25) is 0 Å². The van der Waals surface area contributed by atoms with Gasteiger partial charge in [0.2, 0.25) is 18.2 Å². The topological polar surface area (TPSA) is 88.3 Å². The zero-order valence-electron chi connectivity index (χ0n) is 9.76. The van der Waals surface area contributed by atoms with Crippen molar-refractivity contribution in [1.29, 1.82) is 0 Å². The van der Waals surface area contributed by atoms with E-state index in [9.17, 15) is 14.4 Å². The Labute approximate surface area is 99.6 Å². The molecule has 0 aromatic heterocycles. The van der Waals surface area contributed by atoms with Crippen molar-refractivity contribution in [3.05, 3.63) is 0 Å². The molecule has 0 N–H and O–H groups in total. The molecule has 0 bridgehead atoms. The van der Waals surface area contributed by atoms with Gasteiger partial charge in [0.15, 0.2) is 0 Å². The Balaban J connectivity index is 4.01. The Hall–Kier alpha value is -1.86. The van der Waals surface area contributed by atoms with Crippen molar-refractivity contribution < 1.29 is 14.4 Å². The molecule has 0 saturated heterocycles. The van der Waals surface area contributed by atoms with Crippen LogP contribution in [0.3, 0.4) is 0 Å². The van der Waals surface area contributed by atoms with Gasteiger partial charge in [-0.25, -0.2) is 29.4 Å². The first-order valence-electron chi connectivity index (χ1n) is 5.42. The number of nitrogens with zero attached hydrogens (tertiary/aromatic N) is 3. The van der Waals surface area contributed by atoms with E-state index >= 15 is 0 Å². The monoisotopic (exact) mass is 237 g/mol. The lowest BCUT2D eigenvalue weighted by molar-refractivity contribution is 0.486. The average Bonchev–Trinajstić information content (AvgIpc) is 2.29. The molecular weight excluding hydrogens is 222 g/mol. The van der Waals surface area contributed by atoms with E-state index in [1.807, 2.05) is 0 Å². The van der Waals surface area contributed by atoms with E-state index in [2.05, 4.69) is 15.0 Å². The smallest absolute Gasteiger partial charge is 0.211 e. The van der Waals surface area contributed by atoms with E-state index in [1.165, 1.54) is 18.2 Å². The molecule has 0 spiro atoms. The number of hydrogen-bond acceptors (Lipinski definition) is 6. The summed E-state index contributed by atoms with van der Waals surface area (Å²) in [5.41, 5.74) is 0. The van der Waals surface area contributed by atoms with Crippen molar-refractivity contribution in [2.75, 3.05) is 6.54 Å². The third-order valence-electron chi connectivity index (χ3n) is 2.24. The second-order valence-corrected chi connectivity index (χ2v) is 3.65. The lowest BCUT2D eigenvalue weighted by atomic mass is 10.0. The van der Waals surface area contributed by atoms with Gasteiger partial charge in [-0.15, -0.1) is 0 Å². The fourth-order valence-corrected chi connectivity index (χ4v) is 1.46. The number of carbonyl (C=O) groups excluding carboxylic acids is 3. The van der Waals surface area contributed by atoms with Gasteiger partial charge in [-0.2, -0.15) is 0 Å². The summed E-state index contributed by atoms with van der Waals surface area (Å²) in [7, 11) is 0. The molecule has 0 fully saturated rings. The molecule has 0 aliphatic carbocycles. The van der Waals surface area contributed by atoms with Gasteiger partial charge in [-0.05, 0) is 32.6 Å². The summed E-state index contributed by atoms with van der Waals surface area (Å²) in [6.45, 7) is 2.19. The number of unbranched alkanes of at least 4 members (excludes halogenated alkanes) is 1. The summed E-state index contributed by atoms with van der Waals surface area (Å²) >= 11 is 0. The molecule has 0 radical (unpaired) electrons. The largest absolute Gasteiger partial charge is 0.235 e. The van der Waals surface area contributed by atoms with Gasteiger partial charge in [0.25, 0.3) is 0 Å². The molecule has 6 nitrogen and oxygen atoms in total. The van der Waals surface area contributed by atoms with Crippen LogP contribution in [0, 0.1) is 0 Å². The van der Waals surface area contributed by atoms with Crippen LogP contribution in [0.1, 0.15) is 32.6 Å². The summed E-state index contributed by atoms with van der Waals surface area (Å²) in [5.74, 6) is 0. The molecule has 17 heavy (non-hydrogen) atoms. The van der Waals surface area contributed by atoms with Crippen LogP contribution < -0.4 is 0 Å². The SMILES string of the molecule is CC(CC(CCCCN=C=O)N=C=O)N=C=O. The van der Waals surface area contributed by atoms with Crippen molar-refractivity contribution >= 4 is 18.2 Å². The Morgan fingerprint density at radius 1 is 1.00 bits per heavy atom. The fraction of sp³-hybridized carbons (Fsp3) is 0.727. The van der Waals surface area contributed by atoms with Crippen LogP contribution in [0.5, 0.6) is 0 Å². The maximum atomic E-state index is 10.2. The normalized spacial score (nSPS) is 12.5. The van der Waals surface area contributed by atoms with Crippen LogP contribution in [0.4, 0.5) is 0 Å². The van der Waals surface area contributed by atoms with Gasteiger partial charge in [0, 0.05) is 0 Å². The minimum Gasteiger partial charge on any atom is -0.211 e. The molecule has 0 saturated carbocycles. The molecule has 92 valence electrons. The molecule has 0 heterocycles. The molecule has 2 atom stereocenters. The second-order valence-electron chi connectivity index (χ2n) is 3.65. The molecular formula is C11H15N3O3. The van der Waals surface area contributed by atoms with Crippen molar-refractivity contribution in [3.63, 3.8) is 0 Å². The highest BCUT2D eigenvalue weighted by atomic mass is 16.1. The molecule has 0 aliphatic heterocycles. The first kappa shape index (κ1) is 15.1. The highest BCUT2D eigenvalue weighted by Gasteiger charge is 2.11.